The molecule has 24 heavy (non-hydrogen) atoms. The smallest absolute Gasteiger partial charge is 0.220 e. The minimum absolute atomic E-state index is 0.0932. The highest BCUT2D eigenvalue weighted by molar-refractivity contribution is 5.75. The molecule has 0 saturated heterocycles. The number of nitrogens with zero attached hydrogens (tertiary/aromatic N) is 2. The fourth-order valence-corrected chi connectivity index (χ4v) is 2.86. The highest BCUT2D eigenvalue weighted by Gasteiger charge is 2.20. The van der Waals surface area contributed by atoms with Crippen LogP contribution in [0.25, 0.3) is 0 Å². The molecule has 1 aromatic carbocycles. The fourth-order valence-electron chi connectivity index (χ4n) is 2.86. The number of hydrogen-bond acceptors (Lipinski definition) is 4. The second-order valence-corrected chi connectivity index (χ2v) is 6.06. The lowest BCUT2D eigenvalue weighted by Crippen LogP contribution is -2.34. The average molecular weight is 329 g/mol. The second-order valence-electron chi connectivity index (χ2n) is 6.06. The molecule has 128 valence electrons. The first-order valence-electron chi connectivity index (χ1n) is 8.27. The number of hydrogen-bond donors (Lipinski definition) is 1. The normalized spacial score (nSPS) is 16.1. The van der Waals surface area contributed by atoms with Gasteiger partial charge in [-0.3, -0.25) is 4.79 Å². The van der Waals surface area contributed by atoms with Crippen LogP contribution in [0.5, 0.6) is 11.5 Å². The molecule has 0 aliphatic carbocycles. The van der Waals surface area contributed by atoms with Crippen LogP contribution >= 0.6 is 0 Å². The van der Waals surface area contributed by atoms with Gasteiger partial charge in [-0.1, -0.05) is 6.07 Å². The molecule has 1 unspecified atom stereocenters. The Hall–Kier alpha value is -2.50. The van der Waals surface area contributed by atoms with Gasteiger partial charge in [0.05, 0.1) is 20.0 Å². The van der Waals surface area contributed by atoms with Crippen molar-refractivity contribution in [2.75, 3.05) is 20.3 Å². The summed E-state index contributed by atoms with van der Waals surface area (Å²) in [6, 6.07) is 5.90. The van der Waals surface area contributed by atoms with Gasteiger partial charge in [-0.2, -0.15) is 0 Å². The quantitative estimate of drug-likeness (QED) is 0.844. The summed E-state index contributed by atoms with van der Waals surface area (Å²) in [7, 11) is 1.65. The zero-order valence-corrected chi connectivity index (χ0v) is 13.9. The lowest BCUT2D eigenvalue weighted by Gasteiger charge is -2.25. The Kier molecular flexibility index (Phi) is 5.36. The van der Waals surface area contributed by atoms with Gasteiger partial charge >= 0.3 is 0 Å². The molecule has 0 spiro atoms. The number of imidazole rings is 1. The molecule has 0 radical (unpaired) electrons. The summed E-state index contributed by atoms with van der Waals surface area (Å²) >= 11 is 0. The van der Waals surface area contributed by atoms with Gasteiger partial charge < -0.3 is 19.4 Å². The minimum Gasteiger partial charge on any atom is -0.497 e. The van der Waals surface area contributed by atoms with E-state index in [1.54, 1.807) is 19.6 Å². The first-order valence-corrected chi connectivity index (χ1v) is 8.27. The number of nitrogens with one attached hydrogen (secondary N) is 1. The summed E-state index contributed by atoms with van der Waals surface area (Å²) in [4.78, 5) is 15.9. The predicted octanol–water partition coefficient (Wildman–Crippen LogP) is 2.04. The third kappa shape index (κ3) is 4.28. The predicted molar refractivity (Wildman–Crippen MR) is 90.2 cm³/mol. The minimum atomic E-state index is 0.0932. The van der Waals surface area contributed by atoms with Crippen LogP contribution in [0.15, 0.2) is 36.9 Å². The molecule has 1 aromatic heterocycles. The van der Waals surface area contributed by atoms with Crippen molar-refractivity contribution in [3.05, 3.63) is 42.5 Å². The summed E-state index contributed by atoms with van der Waals surface area (Å²) in [5.41, 5.74) is 1.17. The van der Waals surface area contributed by atoms with E-state index in [1.165, 1.54) is 5.56 Å². The standard InChI is InChI=1S/C18H23N3O3/c1-23-16-5-4-15-9-14(12-24-17(15)10-16)11-20-18(22)3-2-7-21-8-6-19-13-21/h4-6,8,10,13-14H,2-3,7,9,11-12H2,1H3,(H,20,22). The van der Waals surface area contributed by atoms with Crippen LogP contribution in [0.3, 0.4) is 0 Å². The SMILES string of the molecule is COc1ccc2c(c1)OCC(CNC(=O)CCCn1ccnc1)C2. The molecule has 6 nitrogen and oxygen atoms in total. The van der Waals surface area contributed by atoms with Gasteiger partial charge in [0.1, 0.15) is 11.5 Å². The van der Waals surface area contributed by atoms with Crippen LogP contribution < -0.4 is 14.8 Å². The first kappa shape index (κ1) is 16.4. The van der Waals surface area contributed by atoms with Crippen molar-refractivity contribution in [3.8, 4) is 11.5 Å². The molecule has 1 amide bonds. The Morgan fingerprint density at radius 3 is 3.21 bits per heavy atom. The highest BCUT2D eigenvalue weighted by Crippen LogP contribution is 2.30. The van der Waals surface area contributed by atoms with Gasteiger partial charge in [0.2, 0.25) is 5.91 Å². The number of carbonyl (C=O) groups excluding carboxylic acids is 1. The van der Waals surface area contributed by atoms with Crippen LogP contribution in [-0.4, -0.2) is 35.7 Å². The Bertz CT molecular complexity index is 670. The zero-order valence-electron chi connectivity index (χ0n) is 13.9. The van der Waals surface area contributed by atoms with Crippen molar-refractivity contribution in [3.63, 3.8) is 0 Å². The lowest BCUT2D eigenvalue weighted by molar-refractivity contribution is -0.121. The Morgan fingerprint density at radius 2 is 2.42 bits per heavy atom. The number of benzene rings is 1. The van der Waals surface area contributed by atoms with Crippen LogP contribution in [0.2, 0.25) is 0 Å². The van der Waals surface area contributed by atoms with Crippen molar-refractivity contribution >= 4 is 5.91 Å². The van der Waals surface area contributed by atoms with Gasteiger partial charge in [0.25, 0.3) is 0 Å². The van der Waals surface area contributed by atoms with Gasteiger partial charge in [0, 0.05) is 43.9 Å². The van der Waals surface area contributed by atoms with Crippen LogP contribution in [0, 0.1) is 5.92 Å². The number of aromatic nitrogens is 2. The number of carbonyl (C=O) groups is 1. The summed E-state index contributed by atoms with van der Waals surface area (Å²) in [5, 5.41) is 3.02. The molecule has 3 rings (SSSR count). The van der Waals surface area contributed by atoms with Crippen LogP contribution in [0.4, 0.5) is 0 Å². The van der Waals surface area contributed by atoms with E-state index in [0.717, 1.165) is 30.9 Å². The topological polar surface area (TPSA) is 65.4 Å². The highest BCUT2D eigenvalue weighted by atomic mass is 16.5. The zero-order chi connectivity index (χ0) is 16.8. The molecule has 1 N–H and O–H groups in total. The van der Waals surface area contributed by atoms with Crippen LogP contribution in [-0.2, 0) is 17.8 Å². The third-order valence-corrected chi connectivity index (χ3v) is 4.22. The molecule has 0 saturated carbocycles. The molecular formula is C18H23N3O3. The fraction of sp³-hybridized carbons (Fsp3) is 0.444. The third-order valence-electron chi connectivity index (χ3n) is 4.22. The second kappa shape index (κ2) is 7.86. The molecule has 2 heterocycles. The molecule has 0 fully saturated rings. The van der Waals surface area contributed by atoms with Crippen molar-refractivity contribution in [1.29, 1.82) is 0 Å². The molecule has 6 heteroatoms. The number of fused-ring (bicyclic) bond motifs is 1. The van der Waals surface area contributed by atoms with E-state index in [1.807, 2.05) is 29.0 Å². The number of ether oxygens (including phenoxy) is 2. The maximum Gasteiger partial charge on any atom is 0.220 e. The van der Waals surface area contributed by atoms with Crippen molar-refractivity contribution < 1.29 is 14.3 Å². The Balaban J connectivity index is 1.39. The molecule has 2 aromatic rings. The summed E-state index contributed by atoms with van der Waals surface area (Å²) in [6.45, 7) is 2.08. The molecule has 1 aliphatic heterocycles. The van der Waals surface area contributed by atoms with Crippen molar-refractivity contribution in [1.82, 2.24) is 14.9 Å². The lowest BCUT2D eigenvalue weighted by atomic mass is 9.96. The van der Waals surface area contributed by atoms with E-state index in [0.29, 0.717) is 25.5 Å². The van der Waals surface area contributed by atoms with E-state index < -0.39 is 0 Å². The Morgan fingerprint density at radius 1 is 1.50 bits per heavy atom. The maximum absolute atomic E-state index is 11.9. The summed E-state index contributed by atoms with van der Waals surface area (Å²) in [6.07, 6.45) is 7.67. The van der Waals surface area contributed by atoms with Gasteiger partial charge in [0.15, 0.2) is 0 Å². The van der Waals surface area contributed by atoms with Gasteiger partial charge in [-0.05, 0) is 24.5 Å². The molecule has 1 aliphatic rings. The van der Waals surface area contributed by atoms with Gasteiger partial charge in [-0.15, -0.1) is 0 Å². The number of methoxy groups -OCH3 is 1. The first-order chi connectivity index (χ1) is 11.7. The monoisotopic (exact) mass is 329 g/mol. The van der Waals surface area contributed by atoms with E-state index in [2.05, 4.69) is 10.3 Å². The van der Waals surface area contributed by atoms with Crippen LogP contribution in [0.1, 0.15) is 18.4 Å². The number of rotatable bonds is 7. The van der Waals surface area contributed by atoms with Gasteiger partial charge in [-0.25, -0.2) is 4.98 Å². The molecule has 1 atom stereocenters. The van der Waals surface area contributed by atoms with E-state index in [4.69, 9.17) is 9.47 Å². The molecular weight excluding hydrogens is 306 g/mol. The van der Waals surface area contributed by atoms with E-state index >= 15 is 0 Å². The summed E-state index contributed by atoms with van der Waals surface area (Å²) < 4.78 is 13.0. The number of amides is 1. The maximum atomic E-state index is 11.9. The average Bonchev–Trinajstić information content (AvgIpc) is 3.12. The summed E-state index contributed by atoms with van der Waals surface area (Å²) in [5.74, 6) is 2.09. The van der Waals surface area contributed by atoms with E-state index in [-0.39, 0.29) is 5.91 Å². The number of aryl methyl sites for hydroxylation is 1. The molecule has 0 bridgehead atoms. The van der Waals surface area contributed by atoms with Crippen molar-refractivity contribution in [2.24, 2.45) is 5.92 Å². The Labute approximate surface area is 141 Å². The van der Waals surface area contributed by atoms with Crippen molar-refractivity contribution in [2.45, 2.75) is 25.8 Å². The van der Waals surface area contributed by atoms with E-state index in [9.17, 15) is 4.79 Å². The largest absolute Gasteiger partial charge is 0.497 e.